The van der Waals surface area contributed by atoms with Crippen molar-refractivity contribution in [1.29, 1.82) is 0 Å². The molecule has 0 radical (unpaired) electrons. The first-order valence-corrected chi connectivity index (χ1v) is 5.13. The van der Waals surface area contributed by atoms with E-state index in [-0.39, 0.29) is 0 Å². The maximum atomic E-state index is 5.73. The van der Waals surface area contributed by atoms with Gasteiger partial charge >= 0.3 is 0 Å². The van der Waals surface area contributed by atoms with Crippen molar-refractivity contribution in [2.24, 2.45) is 11.8 Å². The van der Waals surface area contributed by atoms with Crippen LogP contribution in [0.1, 0.15) is 34.1 Å². The summed E-state index contributed by atoms with van der Waals surface area (Å²) in [6.07, 6.45) is 5.38. The third-order valence-electron chi connectivity index (χ3n) is 2.38. The molecule has 0 aromatic rings. The van der Waals surface area contributed by atoms with Gasteiger partial charge in [-0.2, -0.15) is 0 Å². The molecule has 0 amide bonds. The lowest BCUT2D eigenvalue weighted by atomic mass is 9.94. The molecule has 1 heteroatoms. The molecule has 0 saturated carbocycles. The van der Waals surface area contributed by atoms with E-state index in [0.29, 0.717) is 11.8 Å². The maximum absolute atomic E-state index is 5.73. The molecular formula is C12H20O. The summed E-state index contributed by atoms with van der Waals surface area (Å²) < 4.78 is 5.73. The monoisotopic (exact) mass is 180 g/mol. The summed E-state index contributed by atoms with van der Waals surface area (Å²) in [6, 6.07) is 0. The second-order valence-electron chi connectivity index (χ2n) is 4.19. The van der Waals surface area contributed by atoms with E-state index in [4.69, 9.17) is 4.74 Å². The van der Waals surface area contributed by atoms with E-state index in [1.165, 1.54) is 11.3 Å². The van der Waals surface area contributed by atoms with Gasteiger partial charge in [-0.15, -0.1) is 0 Å². The normalized spacial score (nSPS) is 18.0. The lowest BCUT2D eigenvalue weighted by Crippen LogP contribution is -2.06. The number of rotatable bonds is 2. The van der Waals surface area contributed by atoms with Gasteiger partial charge in [-0.1, -0.05) is 39.8 Å². The van der Waals surface area contributed by atoms with Crippen LogP contribution in [0.15, 0.2) is 23.5 Å². The molecule has 0 atom stereocenters. The van der Waals surface area contributed by atoms with Crippen LogP contribution in [0.2, 0.25) is 0 Å². The van der Waals surface area contributed by atoms with Crippen molar-refractivity contribution < 1.29 is 4.74 Å². The van der Waals surface area contributed by atoms with Gasteiger partial charge in [0.15, 0.2) is 0 Å². The molecule has 1 rings (SSSR count). The first kappa shape index (κ1) is 10.4. The van der Waals surface area contributed by atoms with Gasteiger partial charge < -0.3 is 4.74 Å². The Morgan fingerprint density at radius 2 is 1.77 bits per heavy atom. The zero-order chi connectivity index (χ0) is 9.84. The molecule has 0 bridgehead atoms. The van der Waals surface area contributed by atoms with Crippen molar-refractivity contribution in [3.8, 4) is 0 Å². The van der Waals surface area contributed by atoms with Crippen molar-refractivity contribution in [2.45, 2.75) is 34.1 Å². The lowest BCUT2D eigenvalue weighted by Gasteiger charge is -2.18. The fraction of sp³-hybridized carbons (Fsp3) is 0.667. The Bertz CT molecular complexity index is 221. The van der Waals surface area contributed by atoms with Crippen molar-refractivity contribution in [2.75, 3.05) is 6.61 Å². The lowest BCUT2D eigenvalue weighted by molar-refractivity contribution is 0.210. The standard InChI is InChI=1S/C12H20O/c1-9(2)11-7-5-6-8-13-12(11)10(3)4/h5-6,9-10H,7-8H2,1-4H3. The van der Waals surface area contributed by atoms with Gasteiger partial charge in [-0.25, -0.2) is 0 Å². The average molecular weight is 180 g/mol. The molecular weight excluding hydrogens is 160 g/mol. The fourth-order valence-electron chi connectivity index (χ4n) is 1.67. The summed E-state index contributed by atoms with van der Waals surface area (Å²) in [5.74, 6) is 2.32. The van der Waals surface area contributed by atoms with E-state index < -0.39 is 0 Å². The van der Waals surface area contributed by atoms with E-state index >= 15 is 0 Å². The Kier molecular flexibility index (Phi) is 3.58. The molecule has 0 aliphatic carbocycles. The van der Waals surface area contributed by atoms with E-state index in [2.05, 4.69) is 39.8 Å². The minimum absolute atomic E-state index is 0.511. The Labute approximate surface area is 81.5 Å². The van der Waals surface area contributed by atoms with Crippen molar-refractivity contribution in [1.82, 2.24) is 0 Å². The van der Waals surface area contributed by atoms with E-state index in [1.807, 2.05) is 0 Å². The van der Waals surface area contributed by atoms with Crippen LogP contribution in [0.4, 0.5) is 0 Å². The summed E-state index contributed by atoms with van der Waals surface area (Å²) >= 11 is 0. The zero-order valence-corrected chi connectivity index (χ0v) is 9.13. The van der Waals surface area contributed by atoms with Gasteiger partial charge in [-0.3, -0.25) is 0 Å². The second-order valence-corrected chi connectivity index (χ2v) is 4.19. The molecule has 1 heterocycles. The van der Waals surface area contributed by atoms with Crippen LogP contribution < -0.4 is 0 Å². The van der Waals surface area contributed by atoms with Gasteiger partial charge in [0.2, 0.25) is 0 Å². The van der Waals surface area contributed by atoms with Crippen LogP contribution in [0, 0.1) is 11.8 Å². The molecule has 1 aliphatic rings. The Balaban J connectivity index is 2.91. The van der Waals surface area contributed by atoms with Gasteiger partial charge in [0.05, 0.1) is 5.76 Å². The summed E-state index contributed by atoms with van der Waals surface area (Å²) in [6.45, 7) is 9.61. The topological polar surface area (TPSA) is 9.23 Å². The molecule has 0 fully saturated rings. The molecule has 0 N–H and O–H groups in total. The molecule has 0 unspecified atom stereocenters. The van der Waals surface area contributed by atoms with Crippen LogP contribution in [0.25, 0.3) is 0 Å². The SMILES string of the molecule is CC(C)C1=C(C(C)C)OCC=CC1. The van der Waals surface area contributed by atoms with Gasteiger partial charge in [-0.05, 0) is 17.9 Å². The smallest absolute Gasteiger partial charge is 0.106 e. The van der Waals surface area contributed by atoms with Crippen LogP contribution in [-0.4, -0.2) is 6.61 Å². The zero-order valence-electron chi connectivity index (χ0n) is 9.13. The summed E-state index contributed by atoms with van der Waals surface area (Å²) in [5.41, 5.74) is 1.46. The van der Waals surface area contributed by atoms with Crippen molar-refractivity contribution >= 4 is 0 Å². The van der Waals surface area contributed by atoms with Crippen LogP contribution in [0.3, 0.4) is 0 Å². The second kappa shape index (κ2) is 4.50. The molecule has 13 heavy (non-hydrogen) atoms. The highest BCUT2D eigenvalue weighted by atomic mass is 16.5. The minimum Gasteiger partial charge on any atom is -0.494 e. The number of allylic oxidation sites excluding steroid dienone is 3. The average Bonchev–Trinajstić information content (AvgIpc) is 2.27. The minimum atomic E-state index is 0.511. The van der Waals surface area contributed by atoms with E-state index in [1.54, 1.807) is 0 Å². The number of hydrogen-bond acceptors (Lipinski definition) is 1. The summed E-state index contributed by atoms with van der Waals surface area (Å²) in [5, 5.41) is 0. The molecule has 1 nitrogen and oxygen atoms in total. The van der Waals surface area contributed by atoms with E-state index in [0.717, 1.165) is 13.0 Å². The maximum Gasteiger partial charge on any atom is 0.106 e. The van der Waals surface area contributed by atoms with Gasteiger partial charge in [0.25, 0.3) is 0 Å². The summed E-state index contributed by atoms with van der Waals surface area (Å²) in [4.78, 5) is 0. The van der Waals surface area contributed by atoms with Gasteiger partial charge in [0.1, 0.15) is 6.61 Å². The number of ether oxygens (including phenoxy) is 1. The van der Waals surface area contributed by atoms with E-state index in [9.17, 15) is 0 Å². The number of hydrogen-bond donors (Lipinski definition) is 0. The third-order valence-corrected chi connectivity index (χ3v) is 2.38. The largest absolute Gasteiger partial charge is 0.494 e. The Hall–Kier alpha value is -0.720. The molecule has 0 aromatic carbocycles. The highest BCUT2D eigenvalue weighted by molar-refractivity contribution is 5.18. The molecule has 1 aliphatic heterocycles. The molecule has 74 valence electrons. The van der Waals surface area contributed by atoms with Crippen LogP contribution in [0.5, 0.6) is 0 Å². The molecule has 0 spiro atoms. The van der Waals surface area contributed by atoms with Crippen molar-refractivity contribution in [3.05, 3.63) is 23.5 Å². The third kappa shape index (κ3) is 2.61. The first-order valence-electron chi connectivity index (χ1n) is 5.13. The molecule has 0 aromatic heterocycles. The highest BCUT2D eigenvalue weighted by Gasteiger charge is 2.15. The van der Waals surface area contributed by atoms with Gasteiger partial charge in [0, 0.05) is 5.92 Å². The highest BCUT2D eigenvalue weighted by Crippen LogP contribution is 2.27. The predicted octanol–water partition coefficient (Wildman–Crippen LogP) is 3.53. The quantitative estimate of drug-likeness (QED) is 0.591. The first-order chi connectivity index (χ1) is 6.13. The fourth-order valence-corrected chi connectivity index (χ4v) is 1.67. The molecule has 0 saturated heterocycles. The van der Waals surface area contributed by atoms with Crippen LogP contribution >= 0.6 is 0 Å². The predicted molar refractivity (Wildman–Crippen MR) is 56.4 cm³/mol. The summed E-state index contributed by atoms with van der Waals surface area (Å²) in [7, 11) is 0. The van der Waals surface area contributed by atoms with Crippen LogP contribution in [-0.2, 0) is 4.74 Å². The Morgan fingerprint density at radius 3 is 2.31 bits per heavy atom. The Morgan fingerprint density at radius 1 is 1.08 bits per heavy atom. The van der Waals surface area contributed by atoms with Crippen molar-refractivity contribution in [3.63, 3.8) is 0 Å².